The molecular formula is C20H36O3. The summed E-state index contributed by atoms with van der Waals surface area (Å²) < 4.78 is 4.08. The van der Waals surface area contributed by atoms with Gasteiger partial charge in [0.2, 0.25) is 0 Å². The van der Waals surface area contributed by atoms with Crippen LogP contribution >= 0.6 is 0 Å². The Morgan fingerprint density at radius 1 is 0.783 bits per heavy atom. The predicted octanol–water partition coefficient (Wildman–Crippen LogP) is 6.11. The second-order valence-electron chi connectivity index (χ2n) is 6.31. The molecular weight excluding hydrogens is 288 g/mol. The minimum atomic E-state index is -0.398. The van der Waals surface area contributed by atoms with Gasteiger partial charge in [-0.1, -0.05) is 83.6 Å². The summed E-state index contributed by atoms with van der Waals surface area (Å²) in [6.07, 6.45) is 21.0. The van der Waals surface area contributed by atoms with Crippen molar-refractivity contribution in [2.75, 3.05) is 0 Å². The molecule has 3 nitrogen and oxygen atoms in total. The highest BCUT2D eigenvalue weighted by Crippen LogP contribution is 2.12. The van der Waals surface area contributed by atoms with E-state index >= 15 is 0 Å². The van der Waals surface area contributed by atoms with Crippen LogP contribution < -0.4 is 0 Å². The van der Waals surface area contributed by atoms with Crippen molar-refractivity contribution in [2.24, 2.45) is 0 Å². The predicted molar refractivity (Wildman–Crippen MR) is 96.2 cm³/mol. The topological polar surface area (TPSA) is 43.4 Å². The van der Waals surface area contributed by atoms with Crippen molar-refractivity contribution in [1.82, 2.24) is 0 Å². The van der Waals surface area contributed by atoms with E-state index in [1.54, 1.807) is 0 Å². The van der Waals surface area contributed by atoms with Crippen LogP contribution in [0.2, 0.25) is 0 Å². The fourth-order valence-electron chi connectivity index (χ4n) is 2.56. The average Bonchev–Trinajstić information content (AvgIpc) is 2.92. The lowest BCUT2D eigenvalue weighted by atomic mass is 10.0. The van der Waals surface area contributed by atoms with Crippen LogP contribution in [-0.2, 0) is 14.3 Å². The van der Waals surface area contributed by atoms with Crippen molar-refractivity contribution in [3.63, 3.8) is 0 Å². The van der Waals surface area contributed by atoms with E-state index in [4.69, 9.17) is 0 Å². The van der Waals surface area contributed by atoms with Gasteiger partial charge in [-0.2, -0.15) is 0 Å². The fourth-order valence-corrected chi connectivity index (χ4v) is 2.56. The van der Waals surface area contributed by atoms with Crippen molar-refractivity contribution in [2.45, 2.75) is 103 Å². The zero-order valence-corrected chi connectivity index (χ0v) is 15.1. The van der Waals surface area contributed by atoms with E-state index in [2.05, 4.69) is 18.2 Å². The molecule has 0 aromatic heterocycles. The van der Waals surface area contributed by atoms with Crippen LogP contribution in [0.5, 0.6) is 0 Å². The fraction of sp³-hybridized carbons (Fsp3) is 0.800. The first-order valence-electron chi connectivity index (χ1n) is 9.55. The Bertz CT molecular complexity index is 296. The largest absolute Gasteiger partial charge is 0.393 e. The molecule has 1 saturated heterocycles. The van der Waals surface area contributed by atoms with E-state index in [0.717, 1.165) is 0 Å². The number of ether oxygens (including phenoxy) is 1. The van der Waals surface area contributed by atoms with Gasteiger partial charge in [0.15, 0.2) is 0 Å². The van der Waals surface area contributed by atoms with E-state index < -0.39 is 11.9 Å². The molecule has 0 N–H and O–H groups in total. The molecule has 1 fully saturated rings. The molecule has 0 radical (unpaired) electrons. The first-order chi connectivity index (χ1) is 11.2. The summed E-state index contributed by atoms with van der Waals surface area (Å²) in [6.45, 7) is 6.03. The minimum absolute atomic E-state index is 0.263. The maximum absolute atomic E-state index is 10.0. The van der Waals surface area contributed by atoms with E-state index in [1.807, 2.05) is 6.08 Å². The Morgan fingerprint density at radius 3 is 1.48 bits per heavy atom. The molecule has 0 unspecified atom stereocenters. The summed E-state index contributed by atoms with van der Waals surface area (Å²) in [4.78, 5) is 20.0. The van der Waals surface area contributed by atoms with Crippen molar-refractivity contribution in [3.8, 4) is 0 Å². The lowest BCUT2D eigenvalue weighted by Gasteiger charge is -2.02. The molecule has 1 rings (SSSR count). The number of carbonyl (C=O) groups excluding carboxylic acids is 2. The smallest absolute Gasteiger partial charge is 0.314 e. The first-order valence-corrected chi connectivity index (χ1v) is 9.55. The molecule has 3 heteroatoms. The maximum Gasteiger partial charge on any atom is 0.314 e. The second kappa shape index (κ2) is 17.2. The van der Waals surface area contributed by atoms with Crippen LogP contribution in [0.4, 0.5) is 0 Å². The third-order valence-electron chi connectivity index (χ3n) is 4.02. The summed E-state index contributed by atoms with van der Waals surface area (Å²) in [7, 11) is 0. The second-order valence-corrected chi connectivity index (χ2v) is 6.31. The summed E-state index contributed by atoms with van der Waals surface area (Å²) in [5.41, 5.74) is 0. The number of hydrogen-bond donors (Lipinski definition) is 0. The number of allylic oxidation sites excluding steroid dienone is 1. The molecule has 1 heterocycles. The van der Waals surface area contributed by atoms with Crippen molar-refractivity contribution >= 4 is 11.9 Å². The Morgan fingerprint density at radius 2 is 1.17 bits per heavy atom. The molecule has 1 aliphatic rings. The van der Waals surface area contributed by atoms with Gasteiger partial charge in [0, 0.05) is 0 Å². The minimum Gasteiger partial charge on any atom is -0.393 e. The highest BCUT2D eigenvalue weighted by atomic mass is 16.6. The van der Waals surface area contributed by atoms with Crippen molar-refractivity contribution in [1.29, 1.82) is 0 Å². The SMILES string of the molecule is C=CCCCCCCCCCCCCCC.O=C1CCC(=O)O1. The van der Waals surface area contributed by atoms with Crippen LogP contribution in [0, 0.1) is 0 Å². The van der Waals surface area contributed by atoms with Crippen LogP contribution in [0.1, 0.15) is 103 Å². The number of rotatable bonds is 13. The standard InChI is InChI=1S/C16H32.C4H4O3/c1-3-5-7-9-11-13-15-16-14-12-10-8-6-4-2;5-3-1-2-4(6)7-3/h3H,1,4-16H2,2H3;1-2H2. The van der Waals surface area contributed by atoms with Gasteiger partial charge in [-0.25, -0.2) is 0 Å². The Kier molecular flexibility index (Phi) is 16.4. The molecule has 134 valence electrons. The lowest BCUT2D eigenvalue weighted by molar-refractivity contribution is -0.151. The van der Waals surface area contributed by atoms with Gasteiger partial charge >= 0.3 is 11.9 Å². The summed E-state index contributed by atoms with van der Waals surface area (Å²) >= 11 is 0. The zero-order valence-electron chi connectivity index (χ0n) is 15.1. The van der Waals surface area contributed by atoms with Gasteiger partial charge in [-0.05, 0) is 12.8 Å². The molecule has 0 aromatic carbocycles. The number of carbonyl (C=O) groups is 2. The molecule has 0 amide bonds. The summed E-state index contributed by atoms with van der Waals surface area (Å²) in [5.74, 6) is -0.796. The average molecular weight is 325 g/mol. The Hall–Kier alpha value is -1.12. The summed E-state index contributed by atoms with van der Waals surface area (Å²) in [5, 5.41) is 0. The van der Waals surface area contributed by atoms with Gasteiger partial charge in [-0.3, -0.25) is 9.59 Å². The highest BCUT2D eigenvalue weighted by molar-refractivity contribution is 5.92. The number of unbranched alkanes of at least 4 members (excludes halogenated alkanes) is 12. The van der Waals surface area contributed by atoms with Gasteiger partial charge in [0.1, 0.15) is 0 Å². The molecule has 23 heavy (non-hydrogen) atoms. The Balaban J connectivity index is 0.000000568. The number of hydrogen-bond acceptors (Lipinski definition) is 3. The number of esters is 2. The van der Waals surface area contributed by atoms with E-state index in [0.29, 0.717) is 0 Å². The van der Waals surface area contributed by atoms with Gasteiger partial charge < -0.3 is 4.74 Å². The van der Waals surface area contributed by atoms with Crippen LogP contribution in [0.3, 0.4) is 0 Å². The van der Waals surface area contributed by atoms with Crippen LogP contribution in [0.25, 0.3) is 0 Å². The van der Waals surface area contributed by atoms with Crippen molar-refractivity contribution in [3.05, 3.63) is 12.7 Å². The molecule has 1 aliphatic heterocycles. The Labute approximate surface area is 142 Å². The zero-order chi connectivity index (χ0) is 17.2. The lowest BCUT2D eigenvalue weighted by Crippen LogP contribution is -1.94. The third-order valence-corrected chi connectivity index (χ3v) is 4.02. The van der Waals surface area contributed by atoms with Gasteiger partial charge in [0.25, 0.3) is 0 Å². The maximum atomic E-state index is 10.0. The first kappa shape index (κ1) is 21.9. The van der Waals surface area contributed by atoms with Crippen LogP contribution in [-0.4, -0.2) is 11.9 Å². The third kappa shape index (κ3) is 17.1. The molecule has 0 atom stereocenters. The summed E-state index contributed by atoms with van der Waals surface area (Å²) in [6, 6.07) is 0. The molecule has 0 aromatic rings. The highest BCUT2D eigenvalue weighted by Gasteiger charge is 2.19. The molecule has 0 aliphatic carbocycles. The van der Waals surface area contributed by atoms with Gasteiger partial charge in [-0.15, -0.1) is 6.58 Å². The van der Waals surface area contributed by atoms with Crippen LogP contribution in [0.15, 0.2) is 12.7 Å². The molecule has 0 spiro atoms. The van der Waals surface area contributed by atoms with E-state index in [9.17, 15) is 9.59 Å². The van der Waals surface area contributed by atoms with E-state index in [-0.39, 0.29) is 12.8 Å². The van der Waals surface area contributed by atoms with Gasteiger partial charge in [0.05, 0.1) is 12.8 Å². The quantitative estimate of drug-likeness (QED) is 0.177. The molecule has 0 saturated carbocycles. The normalized spacial score (nSPS) is 13.4. The number of cyclic esters (lactones) is 2. The molecule has 0 bridgehead atoms. The monoisotopic (exact) mass is 324 g/mol. The van der Waals surface area contributed by atoms with Crippen molar-refractivity contribution < 1.29 is 14.3 Å². The van der Waals surface area contributed by atoms with E-state index in [1.165, 1.54) is 83.5 Å².